The molecule has 1 heterocycles. The molecule has 0 saturated carbocycles. The van der Waals surface area contributed by atoms with Crippen LogP contribution in [-0.4, -0.2) is 24.0 Å². The van der Waals surface area contributed by atoms with E-state index in [2.05, 4.69) is 49.3 Å². The van der Waals surface area contributed by atoms with E-state index in [0.29, 0.717) is 6.54 Å². The van der Waals surface area contributed by atoms with Gasteiger partial charge in [-0.1, -0.05) is 51.1 Å². The molecule has 3 aromatic rings. The molecule has 26 heavy (non-hydrogen) atoms. The van der Waals surface area contributed by atoms with Crippen LogP contribution >= 0.6 is 0 Å². The average molecular weight is 350 g/mol. The van der Waals surface area contributed by atoms with Crippen LogP contribution in [0.25, 0.3) is 10.9 Å². The van der Waals surface area contributed by atoms with E-state index in [1.807, 2.05) is 36.5 Å². The Morgan fingerprint density at radius 1 is 1.12 bits per heavy atom. The van der Waals surface area contributed by atoms with Gasteiger partial charge in [-0.15, -0.1) is 0 Å². The van der Waals surface area contributed by atoms with E-state index in [-0.39, 0.29) is 17.9 Å². The molecule has 3 rings (SSSR count). The largest absolute Gasteiger partial charge is 0.484 e. The van der Waals surface area contributed by atoms with Crippen LogP contribution in [0.5, 0.6) is 5.75 Å². The third-order valence-electron chi connectivity index (χ3n) is 4.46. The third kappa shape index (κ3) is 4.45. The van der Waals surface area contributed by atoms with Gasteiger partial charge >= 0.3 is 0 Å². The average Bonchev–Trinajstić information content (AvgIpc) is 3.03. The van der Waals surface area contributed by atoms with Gasteiger partial charge in [-0.3, -0.25) is 4.79 Å². The number of aromatic nitrogens is 1. The van der Waals surface area contributed by atoms with Crippen LogP contribution in [0.15, 0.2) is 54.7 Å². The highest BCUT2D eigenvalue weighted by Crippen LogP contribution is 2.25. The molecule has 0 fully saturated rings. The minimum absolute atomic E-state index is 0.0292. The number of H-pyrrole nitrogens is 1. The Hall–Kier alpha value is -2.75. The topological polar surface area (TPSA) is 54.1 Å². The number of ether oxygens (including phenoxy) is 1. The van der Waals surface area contributed by atoms with Gasteiger partial charge in [0.05, 0.1) is 0 Å². The standard InChI is InChI=1S/C22H26N2O2/c1-22(2,3)17-7-6-8-18(13-17)26-15-21(25)23-12-11-16-14-24-20-10-5-4-9-19(16)20/h4-10,13-14,24H,11-12,15H2,1-3H3,(H,23,25). The minimum Gasteiger partial charge on any atom is -0.484 e. The monoisotopic (exact) mass is 350 g/mol. The molecule has 0 aliphatic heterocycles. The first-order chi connectivity index (χ1) is 12.4. The smallest absolute Gasteiger partial charge is 0.257 e. The molecule has 4 nitrogen and oxygen atoms in total. The van der Waals surface area contributed by atoms with Gasteiger partial charge in [0.15, 0.2) is 6.61 Å². The van der Waals surface area contributed by atoms with E-state index in [9.17, 15) is 4.79 Å². The van der Waals surface area contributed by atoms with Crippen LogP contribution in [0.2, 0.25) is 0 Å². The summed E-state index contributed by atoms with van der Waals surface area (Å²) in [6, 6.07) is 16.1. The van der Waals surface area contributed by atoms with Crippen molar-refractivity contribution in [2.45, 2.75) is 32.6 Å². The van der Waals surface area contributed by atoms with Crippen molar-refractivity contribution >= 4 is 16.8 Å². The van der Waals surface area contributed by atoms with E-state index in [1.165, 1.54) is 16.5 Å². The van der Waals surface area contributed by atoms with Crippen molar-refractivity contribution in [3.05, 3.63) is 65.9 Å². The van der Waals surface area contributed by atoms with Crippen molar-refractivity contribution in [3.8, 4) is 5.75 Å². The van der Waals surface area contributed by atoms with Crippen LogP contribution in [0.1, 0.15) is 31.9 Å². The third-order valence-corrected chi connectivity index (χ3v) is 4.46. The highest BCUT2D eigenvalue weighted by molar-refractivity contribution is 5.83. The number of hydrogen-bond donors (Lipinski definition) is 2. The van der Waals surface area contributed by atoms with Crippen molar-refractivity contribution in [1.82, 2.24) is 10.3 Å². The molecule has 4 heteroatoms. The normalized spacial score (nSPS) is 11.5. The zero-order chi connectivity index (χ0) is 18.6. The summed E-state index contributed by atoms with van der Waals surface area (Å²) in [5.41, 5.74) is 3.58. The van der Waals surface area contributed by atoms with Crippen molar-refractivity contribution in [3.63, 3.8) is 0 Å². The number of para-hydroxylation sites is 1. The van der Waals surface area contributed by atoms with Gasteiger partial charge in [-0.2, -0.15) is 0 Å². The Balaban J connectivity index is 1.47. The molecule has 0 bridgehead atoms. The predicted molar refractivity (Wildman–Crippen MR) is 106 cm³/mol. The first-order valence-electron chi connectivity index (χ1n) is 8.98. The van der Waals surface area contributed by atoms with E-state index in [1.54, 1.807) is 0 Å². The highest BCUT2D eigenvalue weighted by Gasteiger charge is 2.14. The van der Waals surface area contributed by atoms with Crippen LogP contribution in [0, 0.1) is 0 Å². The number of amides is 1. The molecule has 0 saturated heterocycles. The lowest BCUT2D eigenvalue weighted by molar-refractivity contribution is -0.123. The summed E-state index contributed by atoms with van der Waals surface area (Å²) < 4.78 is 5.64. The maximum Gasteiger partial charge on any atom is 0.257 e. The Bertz CT molecular complexity index is 890. The molecular formula is C22H26N2O2. The van der Waals surface area contributed by atoms with E-state index < -0.39 is 0 Å². The molecular weight excluding hydrogens is 324 g/mol. The van der Waals surface area contributed by atoms with Crippen molar-refractivity contribution < 1.29 is 9.53 Å². The molecule has 0 atom stereocenters. The Morgan fingerprint density at radius 2 is 1.92 bits per heavy atom. The molecule has 0 aliphatic carbocycles. The quantitative estimate of drug-likeness (QED) is 0.700. The van der Waals surface area contributed by atoms with E-state index in [0.717, 1.165) is 17.7 Å². The van der Waals surface area contributed by atoms with Gasteiger partial charge in [-0.25, -0.2) is 0 Å². The fourth-order valence-corrected chi connectivity index (χ4v) is 2.93. The van der Waals surface area contributed by atoms with Gasteiger partial charge in [0.1, 0.15) is 5.75 Å². The number of carbonyl (C=O) groups excluding carboxylic acids is 1. The van der Waals surface area contributed by atoms with Crippen molar-refractivity contribution in [1.29, 1.82) is 0 Å². The second-order valence-corrected chi connectivity index (χ2v) is 7.53. The van der Waals surface area contributed by atoms with Crippen molar-refractivity contribution in [2.24, 2.45) is 0 Å². The maximum atomic E-state index is 12.0. The molecule has 0 radical (unpaired) electrons. The Kier molecular flexibility index (Phi) is 5.31. The predicted octanol–water partition coefficient (Wildman–Crippen LogP) is 4.20. The lowest BCUT2D eigenvalue weighted by Gasteiger charge is -2.19. The minimum atomic E-state index is -0.106. The molecule has 0 spiro atoms. The molecule has 0 aliphatic rings. The summed E-state index contributed by atoms with van der Waals surface area (Å²) in [4.78, 5) is 15.3. The first-order valence-corrected chi connectivity index (χ1v) is 8.98. The van der Waals surface area contributed by atoms with Crippen molar-refractivity contribution in [2.75, 3.05) is 13.2 Å². The zero-order valence-electron chi connectivity index (χ0n) is 15.6. The van der Waals surface area contributed by atoms with E-state index >= 15 is 0 Å². The summed E-state index contributed by atoms with van der Waals surface area (Å²) in [6.45, 7) is 7.09. The summed E-state index contributed by atoms with van der Waals surface area (Å²) in [5.74, 6) is 0.621. The fraction of sp³-hybridized carbons (Fsp3) is 0.318. The highest BCUT2D eigenvalue weighted by atomic mass is 16.5. The van der Waals surface area contributed by atoms with Gasteiger partial charge in [0.2, 0.25) is 0 Å². The van der Waals surface area contributed by atoms with Gasteiger partial charge < -0.3 is 15.0 Å². The molecule has 1 aromatic heterocycles. The second kappa shape index (κ2) is 7.65. The lowest BCUT2D eigenvalue weighted by Crippen LogP contribution is -2.30. The molecule has 0 unspecified atom stereocenters. The van der Waals surface area contributed by atoms with Gasteiger partial charge in [0, 0.05) is 23.6 Å². The number of aromatic amines is 1. The molecule has 136 valence electrons. The number of carbonyl (C=O) groups is 1. The van der Waals surface area contributed by atoms with Crippen LogP contribution < -0.4 is 10.1 Å². The summed E-state index contributed by atoms with van der Waals surface area (Å²) in [7, 11) is 0. The van der Waals surface area contributed by atoms with Crippen LogP contribution in [0.4, 0.5) is 0 Å². The van der Waals surface area contributed by atoms with Gasteiger partial charge in [-0.05, 0) is 41.2 Å². The van der Waals surface area contributed by atoms with Crippen LogP contribution in [-0.2, 0) is 16.6 Å². The summed E-state index contributed by atoms with van der Waals surface area (Å²) >= 11 is 0. The number of nitrogens with one attached hydrogen (secondary N) is 2. The lowest BCUT2D eigenvalue weighted by atomic mass is 9.87. The van der Waals surface area contributed by atoms with E-state index in [4.69, 9.17) is 4.74 Å². The SMILES string of the molecule is CC(C)(C)c1cccc(OCC(=O)NCCc2c[nH]c3ccccc23)c1. The zero-order valence-corrected chi connectivity index (χ0v) is 15.6. The number of fused-ring (bicyclic) bond motifs is 1. The number of benzene rings is 2. The number of hydrogen-bond acceptors (Lipinski definition) is 2. The Morgan fingerprint density at radius 3 is 2.73 bits per heavy atom. The molecule has 2 N–H and O–H groups in total. The Labute approximate surface area is 154 Å². The fourth-order valence-electron chi connectivity index (χ4n) is 2.93. The van der Waals surface area contributed by atoms with Crippen LogP contribution in [0.3, 0.4) is 0 Å². The molecule has 2 aromatic carbocycles. The summed E-state index contributed by atoms with van der Waals surface area (Å²) in [5, 5.41) is 4.13. The maximum absolute atomic E-state index is 12.0. The number of rotatable bonds is 6. The van der Waals surface area contributed by atoms with Gasteiger partial charge in [0.25, 0.3) is 5.91 Å². The molecule has 1 amide bonds. The summed E-state index contributed by atoms with van der Waals surface area (Å²) in [6.07, 6.45) is 2.79. The first kappa shape index (κ1) is 18.1. The second-order valence-electron chi connectivity index (χ2n) is 7.53.